The van der Waals surface area contributed by atoms with Gasteiger partial charge in [0.2, 0.25) is 11.8 Å². The molecule has 150 valence electrons. The molecule has 5 nitrogen and oxygen atoms in total. The zero-order valence-corrected chi connectivity index (χ0v) is 16.6. The highest BCUT2D eigenvalue weighted by molar-refractivity contribution is 5.92. The molecule has 0 spiro atoms. The summed E-state index contributed by atoms with van der Waals surface area (Å²) < 4.78 is 0. The van der Waals surface area contributed by atoms with E-state index in [9.17, 15) is 9.59 Å². The molecule has 4 aliphatic carbocycles. The second kappa shape index (κ2) is 6.87. The average Bonchev–Trinajstić information content (AvgIpc) is 2.67. The Labute approximate surface area is 167 Å². The van der Waals surface area contributed by atoms with Gasteiger partial charge in [-0.3, -0.25) is 14.5 Å². The van der Waals surface area contributed by atoms with Crippen molar-refractivity contribution in [3.63, 3.8) is 0 Å². The lowest BCUT2D eigenvalue weighted by molar-refractivity contribution is -0.159. The number of hydrogen-bond acceptors (Lipinski definition) is 3. The van der Waals surface area contributed by atoms with E-state index in [4.69, 9.17) is 5.73 Å². The highest BCUT2D eigenvalue weighted by atomic mass is 16.2. The van der Waals surface area contributed by atoms with Crippen LogP contribution in [0.5, 0.6) is 0 Å². The first kappa shape index (κ1) is 18.2. The molecule has 0 atom stereocenters. The number of amides is 2. The molecular weight excluding hydrogens is 350 g/mol. The molecular formula is C23H31N3O2. The van der Waals surface area contributed by atoms with Crippen LogP contribution in [0.2, 0.25) is 0 Å². The molecule has 0 aromatic heterocycles. The van der Waals surface area contributed by atoms with Crippen molar-refractivity contribution in [2.45, 2.75) is 45.1 Å². The summed E-state index contributed by atoms with van der Waals surface area (Å²) in [6.45, 7) is 4.27. The van der Waals surface area contributed by atoms with Gasteiger partial charge in [0.25, 0.3) is 0 Å². The molecule has 0 radical (unpaired) electrons. The Balaban J connectivity index is 1.20. The lowest BCUT2D eigenvalue weighted by Crippen LogP contribution is -2.58. The van der Waals surface area contributed by atoms with Crippen LogP contribution >= 0.6 is 0 Å². The predicted octanol–water partition coefficient (Wildman–Crippen LogP) is 2.65. The minimum Gasteiger partial charge on any atom is -0.366 e. The van der Waals surface area contributed by atoms with Crippen molar-refractivity contribution in [3.8, 4) is 0 Å². The molecule has 1 aromatic rings. The third-order valence-electron chi connectivity index (χ3n) is 7.77. The van der Waals surface area contributed by atoms with Gasteiger partial charge in [0.1, 0.15) is 0 Å². The lowest BCUT2D eigenvalue weighted by Gasteiger charge is -2.57. The molecule has 28 heavy (non-hydrogen) atoms. The van der Waals surface area contributed by atoms with Crippen molar-refractivity contribution < 1.29 is 9.59 Å². The third-order valence-corrected chi connectivity index (χ3v) is 7.77. The van der Waals surface area contributed by atoms with E-state index in [1.165, 1.54) is 19.3 Å². The van der Waals surface area contributed by atoms with Gasteiger partial charge in [-0.2, -0.15) is 0 Å². The highest BCUT2D eigenvalue weighted by Crippen LogP contribution is 2.60. The van der Waals surface area contributed by atoms with E-state index in [-0.39, 0.29) is 11.3 Å². The summed E-state index contributed by atoms with van der Waals surface area (Å²) in [6.07, 6.45) is 7.59. The number of nitrogens with two attached hydrogens (primary N) is 1. The molecule has 0 unspecified atom stereocenters. The molecule has 5 heteroatoms. The van der Waals surface area contributed by atoms with Crippen LogP contribution in [0.4, 0.5) is 0 Å². The fourth-order valence-corrected chi connectivity index (χ4v) is 6.90. The van der Waals surface area contributed by atoms with Crippen molar-refractivity contribution in [1.82, 2.24) is 9.80 Å². The van der Waals surface area contributed by atoms with Crippen LogP contribution in [0.25, 0.3) is 0 Å². The quantitative estimate of drug-likeness (QED) is 0.872. The Morgan fingerprint density at radius 3 is 2.14 bits per heavy atom. The fraction of sp³-hybridized carbons (Fsp3) is 0.652. The Morgan fingerprint density at radius 1 is 0.964 bits per heavy atom. The lowest BCUT2D eigenvalue weighted by atomic mass is 9.49. The molecule has 2 amide bonds. The van der Waals surface area contributed by atoms with E-state index < -0.39 is 0 Å². The summed E-state index contributed by atoms with van der Waals surface area (Å²) in [7, 11) is 0. The number of carbonyl (C=O) groups excluding carboxylic acids is 2. The Hall–Kier alpha value is -1.88. The normalized spacial score (nSPS) is 34.6. The van der Waals surface area contributed by atoms with E-state index in [0.29, 0.717) is 11.5 Å². The van der Waals surface area contributed by atoms with Crippen LogP contribution in [0.15, 0.2) is 24.3 Å². The van der Waals surface area contributed by atoms with Crippen LogP contribution in [0.3, 0.4) is 0 Å². The minimum absolute atomic E-state index is 0.0211. The first-order valence-corrected chi connectivity index (χ1v) is 10.9. The van der Waals surface area contributed by atoms with Crippen LogP contribution in [0, 0.1) is 23.2 Å². The summed E-state index contributed by atoms with van der Waals surface area (Å²) >= 11 is 0. The number of hydrogen-bond donors (Lipinski definition) is 1. The largest absolute Gasteiger partial charge is 0.366 e. The summed E-state index contributed by atoms with van der Waals surface area (Å²) in [5, 5.41) is 0. The number of benzene rings is 1. The SMILES string of the molecule is NC(=O)c1cccc(CN2CCN(C(=O)C34CC5CC(CC(C5)C3)C4)CC2)c1. The van der Waals surface area contributed by atoms with Gasteiger partial charge in [-0.05, 0) is 74.0 Å². The van der Waals surface area contributed by atoms with Gasteiger partial charge in [0, 0.05) is 38.3 Å². The highest BCUT2D eigenvalue weighted by Gasteiger charge is 2.55. The molecule has 2 N–H and O–H groups in total. The van der Waals surface area contributed by atoms with E-state index >= 15 is 0 Å². The maximum atomic E-state index is 13.5. The van der Waals surface area contributed by atoms with Gasteiger partial charge in [-0.1, -0.05) is 12.1 Å². The van der Waals surface area contributed by atoms with Crippen LogP contribution < -0.4 is 5.73 Å². The molecule has 5 fully saturated rings. The monoisotopic (exact) mass is 381 g/mol. The van der Waals surface area contributed by atoms with E-state index in [0.717, 1.165) is 75.3 Å². The summed E-state index contributed by atoms with van der Waals surface area (Å²) in [5.74, 6) is 2.52. The second-order valence-electron chi connectivity index (χ2n) is 9.83. The number of nitrogens with zero attached hydrogens (tertiary/aromatic N) is 2. The Kier molecular flexibility index (Phi) is 4.46. The maximum absolute atomic E-state index is 13.5. The van der Waals surface area contributed by atoms with Crippen LogP contribution in [-0.4, -0.2) is 47.8 Å². The molecule has 1 saturated heterocycles. The maximum Gasteiger partial charge on any atom is 0.248 e. The van der Waals surface area contributed by atoms with E-state index in [1.54, 1.807) is 6.07 Å². The molecule has 5 aliphatic rings. The van der Waals surface area contributed by atoms with Crippen LogP contribution in [0.1, 0.15) is 54.4 Å². The van der Waals surface area contributed by atoms with Crippen molar-refractivity contribution in [1.29, 1.82) is 0 Å². The predicted molar refractivity (Wildman–Crippen MR) is 107 cm³/mol. The smallest absolute Gasteiger partial charge is 0.248 e. The van der Waals surface area contributed by atoms with Crippen molar-refractivity contribution in [2.24, 2.45) is 28.9 Å². The Bertz CT molecular complexity index is 747. The standard InChI is InChI=1S/C23H31N3O2/c24-21(27)20-3-1-2-16(11-20)15-25-4-6-26(7-5-25)22(28)23-12-17-8-18(13-23)10-19(9-17)14-23/h1-3,11,17-19H,4-10,12-15H2,(H2,24,27). The van der Waals surface area contributed by atoms with Gasteiger partial charge in [0.05, 0.1) is 5.41 Å². The fourth-order valence-electron chi connectivity index (χ4n) is 6.90. The number of rotatable bonds is 4. The molecule has 1 aliphatic heterocycles. The molecule has 4 bridgehead atoms. The zero-order valence-electron chi connectivity index (χ0n) is 16.6. The van der Waals surface area contributed by atoms with Gasteiger partial charge in [-0.15, -0.1) is 0 Å². The van der Waals surface area contributed by atoms with Crippen molar-refractivity contribution in [2.75, 3.05) is 26.2 Å². The van der Waals surface area contributed by atoms with E-state index in [2.05, 4.69) is 9.80 Å². The van der Waals surface area contributed by atoms with Crippen molar-refractivity contribution in [3.05, 3.63) is 35.4 Å². The average molecular weight is 382 g/mol. The number of piperazine rings is 1. The summed E-state index contributed by atoms with van der Waals surface area (Å²) in [5.41, 5.74) is 7.04. The topological polar surface area (TPSA) is 66.6 Å². The van der Waals surface area contributed by atoms with Gasteiger partial charge in [0.15, 0.2) is 0 Å². The third kappa shape index (κ3) is 3.24. The van der Waals surface area contributed by atoms with Gasteiger partial charge >= 0.3 is 0 Å². The second-order valence-corrected chi connectivity index (χ2v) is 9.83. The van der Waals surface area contributed by atoms with Gasteiger partial charge < -0.3 is 10.6 Å². The molecule has 1 aromatic carbocycles. The van der Waals surface area contributed by atoms with E-state index in [1.807, 2.05) is 18.2 Å². The molecule has 1 heterocycles. The minimum atomic E-state index is -0.382. The number of carbonyl (C=O) groups is 2. The van der Waals surface area contributed by atoms with Crippen molar-refractivity contribution >= 4 is 11.8 Å². The number of primary amides is 1. The van der Waals surface area contributed by atoms with Crippen LogP contribution in [-0.2, 0) is 11.3 Å². The summed E-state index contributed by atoms with van der Waals surface area (Å²) in [4.78, 5) is 29.4. The first-order chi connectivity index (χ1) is 13.5. The first-order valence-electron chi connectivity index (χ1n) is 10.9. The Morgan fingerprint density at radius 2 is 1.57 bits per heavy atom. The molecule has 4 saturated carbocycles. The van der Waals surface area contributed by atoms with Gasteiger partial charge in [-0.25, -0.2) is 0 Å². The molecule has 6 rings (SSSR count). The summed E-state index contributed by atoms with van der Waals surface area (Å²) in [6, 6.07) is 7.57. The zero-order chi connectivity index (χ0) is 19.3.